The summed E-state index contributed by atoms with van der Waals surface area (Å²) in [6, 6.07) is 9.28. The van der Waals surface area contributed by atoms with E-state index in [-0.39, 0.29) is 18.3 Å². The van der Waals surface area contributed by atoms with Crippen molar-refractivity contribution >= 4 is 6.09 Å². The number of carbonyl (C=O) groups excluding carboxylic acids is 1. The first-order chi connectivity index (χ1) is 14.3. The molecule has 1 aromatic heterocycles. The normalized spacial score (nSPS) is 16.5. The fourth-order valence-electron chi connectivity index (χ4n) is 3.40. The average molecular weight is 431 g/mol. The van der Waals surface area contributed by atoms with E-state index in [0.717, 1.165) is 12.8 Å². The van der Waals surface area contributed by atoms with Gasteiger partial charge in [0.25, 0.3) is 0 Å². The fourth-order valence-corrected chi connectivity index (χ4v) is 3.40. The number of hydrogen-bond acceptors (Lipinski definition) is 5. The molecule has 3 N–H and O–H groups in total. The molecule has 0 bridgehead atoms. The number of nitrogens with zero attached hydrogens (tertiary/aromatic N) is 1. The van der Waals surface area contributed by atoms with E-state index in [4.69, 9.17) is 4.74 Å². The quantitative estimate of drug-likeness (QED) is 0.638. The van der Waals surface area contributed by atoms with Gasteiger partial charge in [0.1, 0.15) is 17.0 Å². The van der Waals surface area contributed by atoms with Crippen molar-refractivity contribution in [2.45, 2.75) is 64.3 Å². The predicted octanol–water partition coefficient (Wildman–Crippen LogP) is 4.24. The molecule has 1 atom stereocenters. The number of hydrogen-bond donors (Lipinski definition) is 3. The van der Waals surface area contributed by atoms with Gasteiger partial charge in [0.05, 0.1) is 23.5 Å². The largest absolute Gasteiger partial charge is 0.444 e. The molecule has 1 saturated carbocycles. The van der Waals surface area contributed by atoms with Crippen LogP contribution in [-0.4, -0.2) is 33.4 Å². The van der Waals surface area contributed by atoms with Crippen LogP contribution >= 0.6 is 0 Å². The number of aliphatic hydroxyl groups is 2. The minimum atomic E-state index is -1.42. The Labute approximate surface area is 182 Å². The third-order valence-corrected chi connectivity index (χ3v) is 5.27. The SMILES string of the molecule is CC(C)(C)OC(=O)NCC(O)(c1cc(C(C)(C)O)cc(-c2ccc(F)cc2)n1)C1CC1. The third kappa shape index (κ3) is 5.80. The molecule has 1 aliphatic carbocycles. The minimum Gasteiger partial charge on any atom is -0.444 e. The van der Waals surface area contributed by atoms with Crippen LogP contribution in [0.25, 0.3) is 11.3 Å². The standard InChI is InChI=1S/C24H31FN2O4/c1-22(2,3)31-21(28)26-14-24(30,16-8-9-16)20-13-17(23(4,5)29)12-19(27-20)15-6-10-18(25)11-7-15/h6-7,10-13,16,29-30H,8-9,14H2,1-5H3,(H,26,28). The lowest BCUT2D eigenvalue weighted by Crippen LogP contribution is -2.45. The fraction of sp³-hybridized carbons (Fsp3) is 0.500. The van der Waals surface area contributed by atoms with Crippen LogP contribution < -0.4 is 5.32 Å². The molecule has 168 valence electrons. The molecule has 6 nitrogen and oxygen atoms in total. The van der Waals surface area contributed by atoms with Gasteiger partial charge in [-0.15, -0.1) is 0 Å². The second-order valence-corrected chi connectivity index (χ2v) is 9.75. The molecule has 0 radical (unpaired) electrons. The Hall–Kier alpha value is -2.51. The number of amides is 1. The number of halogens is 1. The number of rotatable bonds is 6. The Balaban J connectivity index is 1.99. The first-order valence-electron chi connectivity index (χ1n) is 10.5. The lowest BCUT2D eigenvalue weighted by atomic mass is 9.88. The summed E-state index contributed by atoms with van der Waals surface area (Å²) in [6.07, 6.45) is 0.976. The molecule has 1 aliphatic rings. The van der Waals surface area contributed by atoms with Gasteiger partial charge < -0.3 is 20.3 Å². The monoisotopic (exact) mass is 430 g/mol. The highest BCUT2D eigenvalue weighted by atomic mass is 19.1. The highest BCUT2D eigenvalue weighted by molar-refractivity contribution is 5.68. The number of carbonyl (C=O) groups is 1. The van der Waals surface area contributed by atoms with E-state index < -0.39 is 22.9 Å². The number of aromatic nitrogens is 1. The van der Waals surface area contributed by atoms with Crippen molar-refractivity contribution in [1.82, 2.24) is 10.3 Å². The predicted molar refractivity (Wildman–Crippen MR) is 116 cm³/mol. The van der Waals surface area contributed by atoms with Crippen molar-refractivity contribution in [3.05, 3.63) is 53.5 Å². The topological polar surface area (TPSA) is 91.7 Å². The van der Waals surface area contributed by atoms with Crippen LogP contribution in [-0.2, 0) is 15.9 Å². The molecule has 0 spiro atoms. The smallest absolute Gasteiger partial charge is 0.407 e. The van der Waals surface area contributed by atoms with Gasteiger partial charge in [0.2, 0.25) is 0 Å². The first-order valence-corrected chi connectivity index (χ1v) is 10.5. The van der Waals surface area contributed by atoms with Crippen LogP contribution in [0, 0.1) is 11.7 Å². The van der Waals surface area contributed by atoms with E-state index in [2.05, 4.69) is 10.3 Å². The maximum atomic E-state index is 13.4. The summed E-state index contributed by atoms with van der Waals surface area (Å²) in [5.74, 6) is -0.438. The van der Waals surface area contributed by atoms with Crippen LogP contribution in [0.2, 0.25) is 0 Å². The lowest BCUT2D eigenvalue weighted by molar-refractivity contribution is 0.00129. The number of ether oxygens (including phenoxy) is 1. The van der Waals surface area contributed by atoms with E-state index in [1.54, 1.807) is 58.9 Å². The van der Waals surface area contributed by atoms with Crippen molar-refractivity contribution in [2.75, 3.05) is 6.54 Å². The highest BCUT2D eigenvalue weighted by Crippen LogP contribution is 2.46. The first kappa shape index (κ1) is 23.2. The van der Waals surface area contributed by atoms with Crippen molar-refractivity contribution in [1.29, 1.82) is 0 Å². The molecule has 0 aliphatic heterocycles. The number of pyridine rings is 1. The van der Waals surface area contributed by atoms with Crippen LogP contribution in [0.3, 0.4) is 0 Å². The maximum Gasteiger partial charge on any atom is 0.407 e. The number of benzene rings is 1. The molecule has 1 unspecified atom stereocenters. The Morgan fingerprint density at radius 1 is 1.13 bits per heavy atom. The summed E-state index contributed by atoms with van der Waals surface area (Å²) < 4.78 is 18.7. The van der Waals surface area contributed by atoms with Crippen molar-refractivity contribution in [3.8, 4) is 11.3 Å². The van der Waals surface area contributed by atoms with Gasteiger partial charge >= 0.3 is 6.09 Å². The van der Waals surface area contributed by atoms with Gasteiger partial charge in [-0.3, -0.25) is 0 Å². The Kier molecular flexibility index (Phi) is 6.13. The Bertz CT molecular complexity index is 944. The van der Waals surface area contributed by atoms with Gasteiger partial charge in [-0.05, 0) is 95.3 Å². The highest BCUT2D eigenvalue weighted by Gasteiger charge is 2.47. The molecule has 1 heterocycles. The summed E-state index contributed by atoms with van der Waals surface area (Å²) in [6.45, 7) is 8.53. The zero-order chi connectivity index (χ0) is 23.0. The molecule has 31 heavy (non-hydrogen) atoms. The Morgan fingerprint density at radius 3 is 2.26 bits per heavy atom. The van der Waals surface area contributed by atoms with Crippen LogP contribution in [0.1, 0.15) is 58.7 Å². The van der Waals surface area contributed by atoms with Crippen LogP contribution in [0.4, 0.5) is 9.18 Å². The van der Waals surface area contributed by atoms with Gasteiger partial charge in [-0.1, -0.05) is 0 Å². The molecule has 2 aromatic rings. The second kappa shape index (κ2) is 8.20. The van der Waals surface area contributed by atoms with Gasteiger partial charge in [0, 0.05) is 5.56 Å². The Morgan fingerprint density at radius 2 is 1.74 bits per heavy atom. The maximum absolute atomic E-state index is 13.4. The van der Waals surface area contributed by atoms with Gasteiger partial charge in [-0.25, -0.2) is 14.2 Å². The lowest BCUT2D eigenvalue weighted by Gasteiger charge is -2.31. The summed E-state index contributed by atoms with van der Waals surface area (Å²) in [4.78, 5) is 16.8. The summed E-state index contributed by atoms with van der Waals surface area (Å²) >= 11 is 0. The molecular weight excluding hydrogens is 399 g/mol. The molecule has 3 rings (SSSR count). The number of nitrogens with one attached hydrogen (secondary N) is 1. The van der Waals surface area contributed by atoms with E-state index >= 15 is 0 Å². The molecule has 1 amide bonds. The molecule has 1 fully saturated rings. The number of alkyl carbamates (subject to hydrolysis) is 1. The van der Waals surface area contributed by atoms with Crippen molar-refractivity contribution in [3.63, 3.8) is 0 Å². The van der Waals surface area contributed by atoms with E-state index in [1.807, 2.05) is 0 Å². The zero-order valence-corrected chi connectivity index (χ0v) is 18.7. The summed E-state index contributed by atoms with van der Waals surface area (Å²) in [5.41, 5.74) is -1.19. The third-order valence-electron chi connectivity index (χ3n) is 5.27. The van der Waals surface area contributed by atoms with E-state index in [1.165, 1.54) is 12.1 Å². The zero-order valence-electron chi connectivity index (χ0n) is 18.7. The second-order valence-electron chi connectivity index (χ2n) is 9.75. The van der Waals surface area contributed by atoms with E-state index in [9.17, 15) is 19.4 Å². The summed E-state index contributed by atoms with van der Waals surface area (Å²) in [5, 5.41) is 24.9. The molecular formula is C24H31FN2O4. The molecule has 1 aromatic carbocycles. The van der Waals surface area contributed by atoms with Crippen molar-refractivity contribution in [2.24, 2.45) is 5.92 Å². The minimum absolute atomic E-state index is 0.0717. The van der Waals surface area contributed by atoms with Crippen LogP contribution in [0.5, 0.6) is 0 Å². The van der Waals surface area contributed by atoms with Crippen LogP contribution in [0.15, 0.2) is 36.4 Å². The van der Waals surface area contributed by atoms with Crippen molar-refractivity contribution < 1.29 is 24.1 Å². The van der Waals surface area contributed by atoms with Gasteiger partial charge in [-0.2, -0.15) is 0 Å². The van der Waals surface area contributed by atoms with Gasteiger partial charge in [0.15, 0.2) is 0 Å². The average Bonchev–Trinajstić information content (AvgIpc) is 3.50. The molecule has 7 heteroatoms. The molecule has 0 saturated heterocycles. The summed E-state index contributed by atoms with van der Waals surface area (Å²) in [7, 11) is 0. The van der Waals surface area contributed by atoms with E-state index in [0.29, 0.717) is 22.5 Å².